The third-order valence-electron chi connectivity index (χ3n) is 3.62. The van der Waals surface area contributed by atoms with Gasteiger partial charge in [0.1, 0.15) is 4.92 Å². The minimum atomic E-state index is -0.671. The molecular weight excluding hydrogens is 290 g/mol. The second-order valence-corrected chi connectivity index (χ2v) is 5.67. The molecule has 3 unspecified atom stereocenters. The fourth-order valence-electron chi connectivity index (χ4n) is 2.58. The molecule has 0 aliphatic carbocycles. The van der Waals surface area contributed by atoms with Crippen molar-refractivity contribution in [3.8, 4) is 0 Å². The number of furan rings is 1. The van der Waals surface area contributed by atoms with Crippen LogP contribution in [0.25, 0.3) is 0 Å². The number of rotatable bonds is 5. The van der Waals surface area contributed by atoms with Gasteiger partial charge in [-0.25, -0.2) is 0 Å². The van der Waals surface area contributed by atoms with Crippen LogP contribution < -0.4 is 5.32 Å². The molecule has 8 heteroatoms. The maximum Gasteiger partial charge on any atom is 0.433 e. The molecule has 0 saturated carbocycles. The number of morpholine rings is 1. The molecule has 1 aromatic heterocycles. The Kier molecular flexibility index (Phi) is 5.15. The lowest BCUT2D eigenvalue weighted by Gasteiger charge is -2.38. The summed E-state index contributed by atoms with van der Waals surface area (Å²) in [5.41, 5.74) is 0. The summed E-state index contributed by atoms with van der Waals surface area (Å²) in [5.74, 6) is -0.939. The summed E-state index contributed by atoms with van der Waals surface area (Å²) in [4.78, 5) is 24.0. The minimum Gasteiger partial charge on any atom is -0.395 e. The maximum absolute atomic E-state index is 11.9. The lowest BCUT2D eigenvalue weighted by molar-refractivity contribution is -0.402. The molecule has 1 fully saturated rings. The fourth-order valence-corrected chi connectivity index (χ4v) is 2.58. The van der Waals surface area contributed by atoms with E-state index in [2.05, 4.69) is 10.2 Å². The number of amides is 1. The summed E-state index contributed by atoms with van der Waals surface area (Å²) >= 11 is 0. The molecular formula is C14H21N3O5. The van der Waals surface area contributed by atoms with Gasteiger partial charge < -0.3 is 14.5 Å². The van der Waals surface area contributed by atoms with Crippen molar-refractivity contribution in [1.29, 1.82) is 0 Å². The van der Waals surface area contributed by atoms with E-state index in [1.807, 2.05) is 20.8 Å². The summed E-state index contributed by atoms with van der Waals surface area (Å²) < 4.78 is 10.6. The molecule has 2 rings (SSSR count). The summed E-state index contributed by atoms with van der Waals surface area (Å²) in [6, 6.07) is 2.61. The number of carbonyl (C=O) groups excluding carboxylic acids is 1. The largest absolute Gasteiger partial charge is 0.433 e. The normalized spacial score (nSPS) is 24.0. The molecule has 0 spiro atoms. The van der Waals surface area contributed by atoms with Crippen LogP contribution in [0.15, 0.2) is 16.5 Å². The van der Waals surface area contributed by atoms with Crippen LogP contribution in [0.3, 0.4) is 0 Å². The van der Waals surface area contributed by atoms with Gasteiger partial charge in [-0.3, -0.25) is 19.8 Å². The molecule has 0 bridgehead atoms. The molecule has 1 amide bonds. The van der Waals surface area contributed by atoms with Crippen LogP contribution in [0.1, 0.15) is 31.3 Å². The topological polar surface area (TPSA) is 97.9 Å². The second-order valence-electron chi connectivity index (χ2n) is 5.67. The lowest BCUT2D eigenvalue weighted by Crippen LogP contribution is -2.52. The van der Waals surface area contributed by atoms with Crippen LogP contribution in [-0.2, 0) is 4.74 Å². The SMILES string of the molecule is CC1CN(C(C)CNC(=O)c2ccc([N+](=O)[O-])o2)CC(C)O1. The highest BCUT2D eigenvalue weighted by molar-refractivity contribution is 5.91. The Labute approximate surface area is 128 Å². The van der Waals surface area contributed by atoms with Gasteiger partial charge in [0.05, 0.1) is 18.3 Å². The first-order valence-corrected chi connectivity index (χ1v) is 7.28. The van der Waals surface area contributed by atoms with Gasteiger partial charge in [0.2, 0.25) is 0 Å². The van der Waals surface area contributed by atoms with Crippen molar-refractivity contribution >= 4 is 11.8 Å². The van der Waals surface area contributed by atoms with Crippen LogP contribution in [0, 0.1) is 10.1 Å². The molecule has 1 aliphatic heterocycles. The van der Waals surface area contributed by atoms with Crippen molar-refractivity contribution in [2.45, 2.75) is 39.0 Å². The minimum absolute atomic E-state index is 0.0531. The van der Waals surface area contributed by atoms with E-state index in [0.717, 1.165) is 13.1 Å². The number of ether oxygens (including phenoxy) is 1. The van der Waals surface area contributed by atoms with E-state index in [-0.39, 0.29) is 24.0 Å². The fraction of sp³-hybridized carbons (Fsp3) is 0.643. The number of nitro groups is 1. The zero-order valence-corrected chi connectivity index (χ0v) is 12.9. The number of hydrogen-bond donors (Lipinski definition) is 1. The molecule has 3 atom stereocenters. The Morgan fingerprint density at radius 2 is 2.09 bits per heavy atom. The van der Waals surface area contributed by atoms with E-state index in [9.17, 15) is 14.9 Å². The Balaban J connectivity index is 1.85. The first-order chi connectivity index (χ1) is 10.4. The first-order valence-electron chi connectivity index (χ1n) is 7.28. The zero-order chi connectivity index (χ0) is 16.3. The van der Waals surface area contributed by atoms with Gasteiger partial charge in [-0.2, -0.15) is 0 Å². The van der Waals surface area contributed by atoms with Gasteiger partial charge in [0.25, 0.3) is 5.91 Å². The summed E-state index contributed by atoms with van der Waals surface area (Å²) in [7, 11) is 0. The monoisotopic (exact) mass is 311 g/mol. The van der Waals surface area contributed by atoms with Gasteiger partial charge in [-0.15, -0.1) is 0 Å². The van der Waals surface area contributed by atoms with Gasteiger partial charge in [0.15, 0.2) is 5.76 Å². The van der Waals surface area contributed by atoms with E-state index in [4.69, 9.17) is 9.15 Å². The molecule has 22 heavy (non-hydrogen) atoms. The van der Waals surface area contributed by atoms with Crippen molar-refractivity contribution in [2.24, 2.45) is 0 Å². The van der Waals surface area contributed by atoms with Gasteiger partial charge >= 0.3 is 5.88 Å². The Bertz CT molecular complexity index is 534. The Hall–Kier alpha value is -1.93. The van der Waals surface area contributed by atoms with E-state index in [0.29, 0.717) is 6.54 Å². The van der Waals surface area contributed by atoms with Gasteiger partial charge in [-0.05, 0) is 26.8 Å². The van der Waals surface area contributed by atoms with Crippen molar-refractivity contribution in [3.63, 3.8) is 0 Å². The quantitative estimate of drug-likeness (QED) is 0.652. The standard InChI is InChI=1S/C14H21N3O5/c1-9(16-7-10(2)21-11(3)8-16)6-15-14(18)12-4-5-13(22-12)17(19)20/h4-5,9-11H,6-8H2,1-3H3,(H,15,18). The number of carbonyl (C=O) groups is 1. The summed E-state index contributed by atoms with van der Waals surface area (Å²) in [6.07, 6.45) is 0.323. The van der Waals surface area contributed by atoms with E-state index in [1.54, 1.807) is 0 Å². The average Bonchev–Trinajstić information content (AvgIpc) is 2.93. The summed E-state index contributed by atoms with van der Waals surface area (Å²) in [6.45, 7) is 8.13. The molecule has 1 aromatic rings. The first kappa shape index (κ1) is 16.4. The van der Waals surface area contributed by atoms with Crippen molar-refractivity contribution in [2.75, 3.05) is 19.6 Å². The van der Waals surface area contributed by atoms with E-state index in [1.165, 1.54) is 12.1 Å². The lowest BCUT2D eigenvalue weighted by atomic mass is 10.1. The zero-order valence-electron chi connectivity index (χ0n) is 12.9. The molecule has 2 heterocycles. The smallest absolute Gasteiger partial charge is 0.395 e. The number of nitrogens with zero attached hydrogens (tertiary/aromatic N) is 2. The molecule has 0 radical (unpaired) electrons. The van der Waals surface area contributed by atoms with Crippen molar-refractivity contribution < 1.29 is 18.9 Å². The maximum atomic E-state index is 11.9. The van der Waals surface area contributed by atoms with Gasteiger partial charge in [0, 0.05) is 25.7 Å². The molecule has 8 nitrogen and oxygen atoms in total. The van der Waals surface area contributed by atoms with Gasteiger partial charge in [-0.1, -0.05) is 0 Å². The highest BCUT2D eigenvalue weighted by atomic mass is 16.6. The number of hydrogen-bond acceptors (Lipinski definition) is 6. The third-order valence-corrected chi connectivity index (χ3v) is 3.62. The predicted molar refractivity (Wildman–Crippen MR) is 78.7 cm³/mol. The van der Waals surface area contributed by atoms with E-state index >= 15 is 0 Å². The van der Waals surface area contributed by atoms with Crippen LogP contribution in [-0.4, -0.2) is 53.6 Å². The predicted octanol–water partition coefficient (Wildman–Crippen LogP) is 1.42. The molecule has 0 aromatic carbocycles. The average molecular weight is 311 g/mol. The van der Waals surface area contributed by atoms with Crippen LogP contribution in [0.4, 0.5) is 5.88 Å². The summed E-state index contributed by atoms with van der Waals surface area (Å²) in [5, 5.41) is 13.3. The molecule has 1 aliphatic rings. The molecule has 1 N–H and O–H groups in total. The highest BCUT2D eigenvalue weighted by Crippen LogP contribution is 2.16. The van der Waals surface area contributed by atoms with Crippen LogP contribution in [0.2, 0.25) is 0 Å². The van der Waals surface area contributed by atoms with E-state index < -0.39 is 16.7 Å². The van der Waals surface area contributed by atoms with Crippen molar-refractivity contribution in [3.05, 3.63) is 28.0 Å². The van der Waals surface area contributed by atoms with Crippen molar-refractivity contribution in [1.82, 2.24) is 10.2 Å². The number of nitrogens with one attached hydrogen (secondary N) is 1. The Morgan fingerprint density at radius 3 is 2.64 bits per heavy atom. The molecule has 122 valence electrons. The third kappa shape index (κ3) is 4.05. The van der Waals surface area contributed by atoms with Crippen LogP contribution >= 0.6 is 0 Å². The second kappa shape index (κ2) is 6.89. The molecule has 1 saturated heterocycles. The Morgan fingerprint density at radius 1 is 1.45 bits per heavy atom. The highest BCUT2D eigenvalue weighted by Gasteiger charge is 2.26. The van der Waals surface area contributed by atoms with Crippen LogP contribution in [0.5, 0.6) is 0 Å².